The first kappa shape index (κ1) is 14.6. The minimum absolute atomic E-state index is 0.0400. The number of oxime groups is 1. The largest absolute Gasteiger partial charge is 0.504 e. The Hall–Kier alpha value is -2.44. The molecule has 0 spiro atoms. The van der Waals surface area contributed by atoms with E-state index in [0.29, 0.717) is 0 Å². The number of aromatic hydroxyl groups is 1. The second-order valence-corrected chi connectivity index (χ2v) is 4.42. The third kappa shape index (κ3) is 3.06. The summed E-state index contributed by atoms with van der Waals surface area (Å²) in [6.45, 7) is 3.13. The van der Waals surface area contributed by atoms with E-state index in [4.69, 9.17) is 15.7 Å². The van der Waals surface area contributed by atoms with E-state index in [1.807, 2.05) is 0 Å². The first-order chi connectivity index (χ1) is 8.83. The summed E-state index contributed by atoms with van der Waals surface area (Å²) in [5.41, 5.74) is 4.46. The van der Waals surface area contributed by atoms with Crippen molar-refractivity contribution in [2.75, 3.05) is 7.11 Å². The lowest BCUT2D eigenvalue weighted by Gasteiger charge is -2.24. The van der Waals surface area contributed by atoms with Gasteiger partial charge in [-0.15, -0.1) is 0 Å². The highest BCUT2D eigenvalue weighted by atomic mass is 16.5. The van der Waals surface area contributed by atoms with E-state index in [0.717, 1.165) is 0 Å². The fraction of sp³-hybridized carbons (Fsp3) is 0.333. The van der Waals surface area contributed by atoms with Gasteiger partial charge in [0.15, 0.2) is 17.3 Å². The number of ether oxygens (including phenoxy) is 1. The third-order valence-corrected chi connectivity index (χ3v) is 2.64. The number of amides is 1. The summed E-state index contributed by atoms with van der Waals surface area (Å²) in [7, 11) is 1.39. The van der Waals surface area contributed by atoms with Gasteiger partial charge < -0.3 is 26.1 Å². The van der Waals surface area contributed by atoms with Gasteiger partial charge >= 0.3 is 0 Å². The molecule has 104 valence electrons. The van der Waals surface area contributed by atoms with E-state index < -0.39 is 11.4 Å². The van der Waals surface area contributed by atoms with Crippen molar-refractivity contribution in [1.82, 2.24) is 5.32 Å². The van der Waals surface area contributed by atoms with Crippen molar-refractivity contribution in [2.24, 2.45) is 10.9 Å². The van der Waals surface area contributed by atoms with Crippen molar-refractivity contribution in [3.05, 3.63) is 23.8 Å². The highest BCUT2D eigenvalue weighted by molar-refractivity contribution is 6.01. The van der Waals surface area contributed by atoms with Gasteiger partial charge in [0.05, 0.1) is 18.2 Å². The average molecular weight is 267 g/mol. The zero-order valence-electron chi connectivity index (χ0n) is 11.0. The van der Waals surface area contributed by atoms with Gasteiger partial charge in [-0.05, 0) is 26.0 Å². The first-order valence-corrected chi connectivity index (χ1v) is 5.50. The smallest absolute Gasteiger partial charge is 0.255 e. The van der Waals surface area contributed by atoms with Gasteiger partial charge in [0.25, 0.3) is 5.91 Å². The van der Waals surface area contributed by atoms with Crippen LogP contribution in [0.3, 0.4) is 0 Å². The molecule has 0 aliphatic rings. The molecule has 0 fully saturated rings. The molecular formula is C12H17N3O4. The molecule has 0 atom stereocenters. The number of carbonyl (C=O) groups excluding carboxylic acids is 1. The number of rotatable bonds is 4. The van der Waals surface area contributed by atoms with Crippen LogP contribution in [-0.4, -0.2) is 34.7 Å². The highest BCUT2D eigenvalue weighted by Crippen LogP contribution is 2.29. The van der Waals surface area contributed by atoms with Crippen LogP contribution in [0.4, 0.5) is 0 Å². The zero-order valence-corrected chi connectivity index (χ0v) is 11.0. The molecule has 5 N–H and O–H groups in total. The van der Waals surface area contributed by atoms with E-state index in [1.54, 1.807) is 19.9 Å². The summed E-state index contributed by atoms with van der Waals surface area (Å²) >= 11 is 0. The van der Waals surface area contributed by atoms with Crippen molar-refractivity contribution < 1.29 is 19.8 Å². The molecule has 1 amide bonds. The van der Waals surface area contributed by atoms with E-state index in [-0.39, 0.29) is 22.9 Å². The molecule has 0 radical (unpaired) electrons. The molecule has 7 heteroatoms. The van der Waals surface area contributed by atoms with E-state index in [1.165, 1.54) is 19.2 Å². The van der Waals surface area contributed by atoms with Crippen molar-refractivity contribution in [2.45, 2.75) is 19.4 Å². The SMILES string of the molecule is COc1cccc(C(=O)NC(C)(C)/C(N)=N/O)c1O. The molecule has 0 unspecified atom stereocenters. The fourth-order valence-corrected chi connectivity index (χ4v) is 1.41. The molecule has 1 aromatic carbocycles. The molecule has 7 nitrogen and oxygen atoms in total. The third-order valence-electron chi connectivity index (χ3n) is 2.64. The van der Waals surface area contributed by atoms with E-state index >= 15 is 0 Å². The minimum atomic E-state index is -1.05. The number of para-hydroxylation sites is 1. The van der Waals surface area contributed by atoms with Gasteiger partial charge in [-0.3, -0.25) is 4.79 Å². The molecular weight excluding hydrogens is 250 g/mol. The van der Waals surface area contributed by atoms with Gasteiger partial charge in [-0.2, -0.15) is 0 Å². The summed E-state index contributed by atoms with van der Waals surface area (Å²) < 4.78 is 4.92. The van der Waals surface area contributed by atoms with Gasteiger partial charge in [0.2, 0.25) is 0 Å². The van der Waals surface area contributed by atoms with Crippen LogP contribution in [0.1, 0.15) is 24.2 Å². The van der Waals surface area contributed by atoms with Crippen LogP contribution in [0.15, 0.2) is 23.4 Å². The molecule has 0 saturated carbocycles. The predicted octanol–water partition coefficient (Wildman–Crippen LogP) is 0.656. The lowest BCUT2D eigenvalue weighted by Crippen LogP contribution is -2.53. The van der Waals surface area contributed by atoms with Gasteiger partial charge in [0, 0.05) is 0 Å². The summed E-state index contributed by atoms with van der Waals surface area (Å²) in [6.07, 6.45) is 0. The number of phenolic OH excluding ortho intramolecular Hbond substituents is 1. The average Bonchev–Trinajstić information content (AvgIpc) is 2.37. The van der Waals surface area contributed by atoms with E-state index in [2.05, 4.69) is 10.5 Å². The second-order valence-electron chi connectivity index (χ2n) is 4.42. The number of nitrogens with one attached hydrogen (secondary N) is 1. The summed E-state index contributed by atoms with van der Waals surface area (Å²) in [5.74, 6) is -0.789. The Bertz CT molecular complexity index is 512. The molecule has 0 heterocycles. The number of carbonyl (C=O) groups is 1. The molecule has 0 aliphatic heterocycles. The summed E-state index contributed by atoms with van der Waals surface area (Å²) in [5, 5.41) is 23.9. The van der Waals surface area contributed by atoms with Crippen molar-refractivity contribution in [3.8, 4) is 11.5 Å². The number of hydrogen-bond donors (Lipinski definition) is 4. The van der Waals surface area contributed by atoms with Crippen LogP contribution in [0.2, 0.25) is 0 Å². The van der Waals surface area contributed by atoms with Crippen LogP contribution < -0.4 is 15.8 Å². The molecule has 0 saturated heterocycles. The molecule has 0 aromatic heterocycles. The van der Waals surface area contributed by atoms with Crippen LogP contribution >= 0.6 is 0 Å². The summed E-state index contributed by atoms with van der Waals surface area (Å²) in [4.78, 5) is 12.1. The Morgan fingerprint density at radius 3 is 2.63 bits per heavy atom. The monoisotopic (exact) mass is 267 g/mol. The van der Waals surface area contributed by atoms with Gasteiger partial charge in [-0.25, -0.2) is 0 Å². The van der Waals surface area contributed by atoms with Crippen LogP contribution in [0, 0.1) is 0 Å². The van der Waals surface area contributed by atoms with Crippen molar-refractivity contribution >= 4 is 11.7 Å². The molecule has 0 aliphatic carbocycles. The Morgan fingerprint density at radius 2 is 2.11 bits per heavy atom. The van der Waals surface area contributed by atoms with Gasteiger partial charge in [0.1, 0.15) is 0 Å². The predicted molar refractivity (Wildman–Crippen MR) is 69.6 cm³/mol. The summed E-state index contributed by atoms with van der Waals surface area (Å²) in [6, 6.07) is 4.54. The fourth-order valence-electron chi connectivity index (χ4n) is 1.41. The van der Waals surface area contributed by atoms with Crippen LogP contribution in [0.5, 0.6) is 11.5 Å². The number of phenols is 1. The van der Waals surface area contributed by atoms with Crippen molar-refractivity contribution in [3.63, 3.8) is 0 Å². The molecule has 1 rings (SSSR count). The zero-order chi connectivity index (χ0) is 14.6. The number of benzene rings is 1. The highest BCUT2D eigenvalue weighted by Gasteiger charge is 2.27. The normalized spacial score (nSPS) is 12.1. The maximum atomic E-state index is 12.1. The van der Waals surface area contributed by atoms with E-state index in [9.17, 15) is 9.90 Å². The number of methoxy groups -OCH3 is 1. The molecule has 0 bridgehead atoms. The Labute approximate surface area is 110 Å². The Balaban J connectivity index is 3.03. The number of nitrogens with zero attached hydrogens (tertiary/aromatic N) is 1. The maximum Gasteiger partial charge on any atom is 0.255 e. The lowest BCUT2D eigenvalue weighted by atomic mass is 10.0. The Morgan fingerprint density at radius 1 is 1.47 bits per heavy atom. The Kier molecular flexibility index (Phi) is 4.21. The molecule has 19 heavy (non-hydrogen) atoms. The number of amidine groups is 1. The first-order valence-electron chi connectivity index (χ1n) is 5.50. The number of hydrogen-bond acceptors (Lipinski definition) is 5. The topological polar surface area (TPSA) is 117 Å². The van der Waals surface area contributed by atoms with Gasteiger partial charge in [-0.1, -0.05) is 11.2 Å². The minimum Gasteiger partial charge on any atom is -0.504 e. The quantitative estimate of drug-likeness (QED) is 0.276. The number of nitrogens with two attached hydrogens (primary N) is 1. The van der Waals surface area contributed by atoms with Crippen molar-refractivity contribution in [1.29, 1.82) is 0 Å². The standard InChI is InChI=1S/C12H17N3O4/c1-12(2,11(13)15-18)14-10(17)7-5-4-6-8(19-3)9(7)16/h4-6,16,18H,1-3H3,(H2,13,15)(H,14,17). The second kappa shape index (κ2) is 5.47. The lowest BCUT2D eigenvalue weighted by molar-refractivity contribution is 0.0927. The maximum absolute atomic E-state index is 12.1. The van der Waals surface area contributed by atoms with Crippen LogP contribution in [0.25, 0.3) is 0 Å². The van der Waals surface area contributed by atoms with Crippen LogP contribution in [-0.2, 0) is 0 Å². The molecule has 1 aromatic rings.